The minimum absolute atomic E-state index is 0.558. The van der Waals surface area contributed by atoms with Gasteiger partial charge < -0.3 is 0 Å². The van der Waals surface area contributed by atoms with E-state index in [1.54, 1.807) is 0 Å². The van der Waals surface area contributed by atoms with Crippen LogP contribution in [0.2, 0.25) is 0 Å². The molecule has 4 nitrogen and oxygen atoms in total. The van der Waals surface area contributed by atoms with E-state index in [1.807, 2.05) is 11.7 Å². The zero-order chi connectivity index (χ0) is 15.0. The van der Waals surface area contributed by atoms with Crippen LogP contribution in [0.1, 0.15) is 18.4 Å². The molecule has 0 saturated carbocycles. The van der Waals surface area contributed by atoms with E-state index in [4.69, 9.17) is 16.6 Å². The minimum atomic E-state index is 0.558. The van der Waals surface area contributed by atoms with Crippen LogP contribution in [0.5, 0.6) is 0 Å². The summed E-state index contributed by atoms with van der Waals surface area (Å²) >= 11 is 8.27. The molecule has 0 aliphatic heterocycles. The van der Waals surface area contributed by atoms with Crippen molar-refractivity contribution in [1.82, 2.24) is 19.3 Å². The van der Waals surface area contributed by atoms with Crippen LogP contribution in [-0.4, -0.2) is 25.2 Å². The summed E-state index contributed by atoms with van der Waals surface area (Å²) in [5, 5.41) is 4.54. The number of fused-ring (bicyclic) bond motifs is 1. The lowest BCUT2D eigenvalue weighted by atomic mass is 10.2. The van der Waals surface area contributed by atoms with Gasteiger partial charge in [0.15, 0.2) is 0 Å². The highest BCUT2D eigenvalue weighted by molar-refractivity contribution is 14.1. The van der Waals surface area contributed by atoms with Gasteiger partial charge in [-0.05, 0) is 47.2 Å². The van der Waals surface area contributed by atoms with Crippen LogP contribution in [-0.2, 0) is 19.9 Å². The van der Waals surface area contributed by atoms with Crippen LogP contribution in [0.3, 0.4) is 0 Å². The molecule has 0 radical (unpaired) electrons. The lowest BCUT2D eigenvalue weighted by molar-refractivity contribution is 0.746. The van der Waals surface area contributed by atoms with Gasteiger partial charge >= 0.3 is 0 Å². The lowest BCUT2D eigenvalue weighted by Crippen LogP contribution is -2.03. The van der Waals surface area contributed by atoms with Crippen LogP contribution in [0.4, 0.5) is 0 Å². The van der Waals surface area contributed by atoms with Crippen molar-refractivity contribution in [2.45, 2.75) is 19.8 Å². The van der Waals surface area contributed by atoms with E-state index < -0.39 is 0 Å². The smallest absolute Gasteiger partial charge is 0.115 e. The molecule has 0 unspecified atom stereocenters. The fraction of sp³-hybridized carbons (Fsp3) is 0.333. The SMILES string of the molecule is CCc1nn(C)cc1-n1c(CCCl)nc2cc(I)ccc21. The highest BCUT2D eigenvalue weighted by Gasteiger charge is 2.16. The number of nitrogens with zero attached hydrogens (tertiary/aromatic N) is 4. The number of rotatable bonds is 4. The predicted octanol–water partition coefficient (Wildman–Crippen LogP) is 3.71. The molecule has 0 saturated heterocycles. The summed E-state index contributed by atoms with van der Waals surface area (Å²) in [5.41, 5.74) is 4.29. The van der Waals surface area contributed by atoms with Crippen molar-refractivity contribution in [3.8, 4) is 5.69 Å². The lowest BCUT2D eigenvalue weighted by Gasteiger charge is -2.07. The molecule has 0 spiro atoms. The molecule has 0 aliphatic rings. The zero-order valence-electron chi connectivity index (χ0n) is 12.0. The van der Waals surface area contributed by atoms with Crippen molar-refractivity contribution in [2.75, 3.05) is 5.88 Å². The largest absolute Gasteiger partial charge is 0.293 e. The second-order valence-electron chi connectivity index (χ2n) is 4.92. The molecule has 0 N–H and O–H groups in total. The summed E-state index contributed by atoms with van der Waals surface area (Å²) in [6, 6.07) is 6.33. The highest BCUT2D eigenvalue weighted by atomic mass is 127. The van der Waals surface area contributed by atoms with Gasteiger partial charge in [-0.3, -0.25) is 9.25 Å². The molecule has 2 aromatic heterocycles. The summed E-state index contributed by atoms with van der Waals surface area (Å²) in [6.45, 7) is 2.12. The fourth-order valence-corrected chi connectivity index (χ4v) is 3.23. The molecule has 0 amide bonds. The zero-order valence-corrected chi connectivity index (χ0v) is 14.9. The number of aryl methyl sites for hydroxylation is 3. The molecule has 3 aromatic rings. The Labute approximate surface area is 142 Å². The Morgan fingerprint density at radius 2 is 2.14 bits per heavy atom. The van der Waals surface area contributed by atoms with Crippen LogP contribution in [0, 0.1) is 3.57 Å². The molecule has 0 atom stereocenters. The van der Waals surface area contributed by atoms with Crippen molar-refractivity contribution in [1.29, 1.82) is 0 Å². The van der Waals surface area contributed by atoms with Crippen LogP contribution < -0.4 is 0 Å². The maximum absolute atomic E-state index is 5.96. The normalized spacial score (nSPS) is 11.4. The van der Waals surface area contributed by atoms with Gasteiger partial charge in [0.05, 0.1) is 22.4 Å². The van der Waals surface area contributed by atoms with Gasteiger partial charge in [-0.25, -0.2) is 4.98 Å². The maximum Gasteiger partial charge on any atom is 0.115 e. The van der Waals surface area contributed by atoms with E-state index in [0.717, 1.165) is 41.1 Å². The number of benzene rings is 1. The first-order valence-corrected chi connectivity index (χ1v) is 8.51. The van der Waals surface area contributed by atoms with Crippen molar-refractivity contribution in [2.24, 2.45) is 7.05 Å². The van der Waals surface area contributed by atoms with Crippen LogP contribution >= 0.6 is 34.2 Å². The van der Waals surface area contributed by atoms with E-state index in [9.17, 15) is 0 Å². The average molecular weight is 415 g/mol. The minimum Gasteiger partial charge on any atom is -0.293 e. The van der Waals surface area contributed by atoms with Gasteiger partial charge in [-0.15, -0.1) is 11.6 Å². The Morgan fingerprint density at radius 3 is 2.86 bits per heavy atom. The second kappa shape index (κ2) is 5.96. The Kier molecular flexibility index (Phi) is 4.21. The van der Waals surface area contributed by atoms with Gasteiger partial charge in [-0.2, -0.15) is 5.10 Å². The van der Waals surface area contributed by atoms with Crippen molar-refractivity contribution in [3.05, 3.63) is 39.5 Å². The first-order valence-electron chi connectivity index (χ1n) is 6.89. The first kappa shape index (κ1) is 14.8. The third-order valence-corrected chi connectivity index (χ3v) is 4.32. The summed E-state index contributed by atoms with van der Waals surface area (Å²) in [5.74, 6) is 1.55. The van der Waals surface area contributed by atoms with E-state index >= 15 is 0 Å². The molecule has 21 heavy (non-hydrogen) atoms. The van der Waals surface area contributed by atoms with Gasteiger partial charge in [0.25, 0.3) is 0 Å². The van der Waals surface area contributed by atoms with Crippen molar-refractivity contribution in [3.63, 3.8) is 0 Å². The predicted molar refractivity (Wildman–Crippen MR) is 94.4 cm³/mol. The highest BCUT2D eigenvalue weighted by Crippen LogP contribution is 2.25. The molecular weight excluding hydrogens is 399 g/mol. The van der Waals surface area contributed by atoms with E-state index in [2.05, 4.69) is 63.6 Å². The topological polar surface area (TPSA) is 35.6 Å². The van der Waals surface area contributed by atoms with Crippen LogP contribution in [0.15, 0.2) is 24.4 Å². The fourth-order valence-electron chi connectivity index (χ4n) is 2.58. The number of imidazole rings is 1. The number of hydrogen-bond acceptors (Lipinski definition) is 2. The molecule has 3 rings (SSSR count). The Bertz CT molecular complexity index is 790. The van der Waals surface area contributed by atoms with E-state index in [0.29, 0.717) is 5.88 Å². The van der Waals surface area contributed by atoms with Crippen LogP contribution in [0.25, 0.3) is 16.7 Å². The summed E-state index contributed by atoms with van der Waals surface area (Å²) in [7, 11) is 1.95. The molecule has 1 aromatic carbocycles. The van der Waals surface area contributed by atoms with E-state index in [1.165, 1.54) is 3.57 Å². The third kappa shape index (κ3) is 2.68. The number of aromatic nitrogens is 4. The number of alkyl halides is 1. The Morgan fingerprint density at radius 1 is 1.33 bits per heavy atom. The maximum atomic E-state index is 5.96. The number of hydrogen-bond donors (Lipinski definition) is 0. The molecule has 0 aliphatic carbocycles. The summed E-state index contributed by atoms with van der Waals surface area (Å²) in [6.07, 6.45) is 3.68. The Hall–Kier alpha value is -1.08. The standard InChI is InChI=1S/C15H16ClIN4/c1-3-11-14(9-20(2)19-11)21-13-5-4-10(17)8-12(13)18-15(21)6-7-16/h4-5,8-9H,3,6-7H2,1-2H3. The number of halogens is 2. The summed E-state index contributed by atoms with van der Waals surface area (Å²) < 4.78 is 5.24. The van der Waals surface area contributed by atoms with Crippen molar-refractivity contribution >= 4 is 45.2 Å². The summed E-state index contributed by atoms with van der Waals surface area (Å²) in [4.78, 5) is 4.76. The van der Waals surface area contributed by atoms with Crippen molar-refractivity contribution < 1.29 is 0 Å². The first-order chi connectivity index (χ1) is 10.1. The van der Waals surface area contributed by atoms with Gasteiger partial charge in [0.1, 0.15) is 5.82 Å². The van der Waals surface area contributed by atoms with Gasteiger partial charge in [0, 0.05) is 29.1 Å². The van der Waals surface area contributed by atoms with E-state index in [-0.39, 0.29) is 0 Å². The second-order valence-corrected chi connectivity index (χ2v) is 6.55. The molecular formula is C15H16ClIN4. The monoisotopic (exact) mass is 414 g/mol. The van der Waals surface area contributed by atoms with Gasteiger partial charge in [-0.1, -0.05) is 6.92 Å². The Balaban J connectivity index is 2.30. The average Bonchev–Trinajstić information content (AvgIpc) is 2.98. The molecule has 2 heterocycles. The molecule has 110 valence electrons. The third-order valence-electron chi connectivity index (χ3n) is 3.46. The quantitative estimate of drug-likeness (QED) is 0.482. The molecule has 6 heteroatoms. The molecule has 0 fully saturated rings. The molecule has 0 bridgehead atoms. The van der Waals surface area contributed by atoms with Gasteiger partial charge in [0.2, 0.25) is 0 Å².